The van der Waals surface area contributed by atoms with Gasteiger partial charge in [-0.3, -0.25) is 0 Å². The average molecular weight is 306 g/mol. The van der Waals surface area contributed by atoms with Crippen molar-refractivity contribution in [1.82, 2.24) is 10.2 Å². The summed E-state index contributed by atoms with van der Waals surface area (Å²) in [5, 5.41) is 11.8. The minimum absolute atomic E-state index is 0.0587. The summed E-state index contributed by atoms with van der Waals surface area (Å²) in [6.07, 6.45) is 2.12. The van der Waals surface area contributed by atoms with Gasteiger partial charge in [0, 0.05) is 19.3 Å². The molecule has 0 aliphatic carbocycles. The quantitative estimate of drug-likeness (QED) is 0.785. The topological polar surface area (TPSA) is 104 Å². The molecule has 8 heteroatoms. The van der Waals surface area contributed by atoms with Crippen molar-refractivity contribution >= 4 is 21.8 Å². The summed E-state index contributed by atoms with van der Waals surface area (Å²) in [6, 6.07) is -0.538. The summed E-state index contributed by atoms with van der Waals surface area (Å²) in [7, 11) is -3.32. The van der Waals surface area contributed by atoms with E-state index in [4.69, 9.17) is 0 Å². The van der Waals surface area contributed by atoms with Crippen LogP contribution in [0.5, 0.6) is 0 Å². The molecule has 20 heavy (non-hydrogen) atoms. The van der Waals surface area contributed by atoms with Crippen molar-refractivity contribution < 1.29 is 23.1 Å². The van der Waals surface area contributed by atoms with Gasteiger partial charge in [0.1, 0.15) is 5.54 Å². The van der Waals surface area contributed by atoms with Crippen molar-refractivity contribution in [2.75, 3.05) is 19.3 Å². The van der Waals surface area contributed by atoms with E-state index in [-0.39, 0.29) is 6.54 Å². The zero-order valence-electron chi connectivity index (χ0n) is 12.3. The van der Waals surface area contributed by atoms with Gasteiger partial charge >= 0.3 is 12.0 Å². The summed E-state index contributed by atoms with van der Waals surface area (Å²) in [6.45, 7) is 4.83. The van der Waals surface area contributed by atoms with Crippen molar-refractivity contribution in [3.05, 3.63) is 0 Å². The van der Waals surface area contributed by atoms with Crippen LogP contribution in [0.1, 0.15) is 33.6 Å². The lowest BCUT2D eigenvalue weighted by Gasteiger charge is -2.32. The van der Waals surface area contributed by atoms with E-state index < -0.39 is 32.1 Å². The second-order valence-corrected chi connectivity index (χ2v) is 8.67. The Bertz CT molecular complexity index is 514. The fourth-order valence-electron chi connectivity index (χ4n) is 2.03. The Labute approximate surface area is 119 Å². The van der Waals surface area contributed by atoms with Gasteiger partial charge in [-0.2, -0.15) is 0 Å². The molecular formula is C12H22N2O5S. The molecule has 1 aliphatic heterocycles. The highest BCUT2D eigenvalue weighted by molar-refractivity contribution is 7.92. The second kappa shape index (κ2) is 5.23. The average Bonchev–Trinajstić information content (AvgIpc) is 2.68. The molecule has 1 heterocycles. The lowest BCUT2D eigenvalue weighted by Crippen LogP contribution is -2.56. The van der Waals surface area contributed by atoms with Crippen LogP contribution in [0.4, 0.5) is 4.79 Å². The Hall–Kier alpha value is -1.31. The number of carbonyl (C=O) groups is 2. The largest absolute Gasteiger partial charge is 0.480 e. The molecule has 0 saturated carbocycles. The zero-order chi connectivity index (χ0) is 15.8. The Balaban J connectivity index is 2.76. The summed E-state index contributed by atoms with van der Waals surface area (Å²) >= 11 is 0. The number of hydrogen-bond donors (Lipinski definition) is 2. The van der Waals surface area contributed by atoms with Crippen molar-refractivity contribution in [2.24, 2.45) is 0 Å². The first-order valence-electron chi connectivity index (χ1n) is 6.40. The Morgan fingerprint density at radius 1 is 1.40 bits per heavy atom. The molecule has 2 N–H and O–H groups in total. The Kier molecular flexibility index (Phi) is 4.38. The van der Waals surface area contributed by atoms with Crippen LogP contribution in [-0.4, -0.2) is 60.1 Å². The van der Waals surface area contributed by atoms with Crippen molar-refractivity contribution in [1.29, 1.82) is 0 Å². The number of urea groups is 1. The maximum atomic E-state index is 12.1. The molecule has 1 unspecified atom stereocenters. The molecule has 0 radical (unpaired) electrons. The number of hydrogen-bond acceptors (Lipinski definition) is 4. The molecule has 1 fully saturated rings. The van der Waals surface area contributed by atoms with Gasteiger partial charge in [0.2, 0.25) is 0 Å². The van der Waals surface area contributed by atoms with Gasteiger partial charge in [-0.15, -0.1) is 0 Å². The van der Waals surface area contributed by atoms with Crippen LogP contribution >= 0.6 is 0 Å². The minimum atomic E-state index is -3.32. The first kappa shape index (κ1) is 16.7. The standard InChI is InChI=1S/C12H22N2O5S/c1-11(2,20(4,18)19)8-13-10(17)14-7-5-6-12(14,3)9(15)16/h5-8H2,1-4H3,(H,13,17)(H,15,16). The van der Waals surface area contributed by atoms with Crippen LogP contribution in [0.2, 0.25) is 0 Å². The van der Waals surface area contributed by atoms with Crippen LogP contribution in [-0.2, 0) is 14.6 Å². The zero-order valence-corrected chi connectivity index (χ0v) is 13.1. The highest BCUT2D eigenvalue weighted by atomic mass is 32.2. The van der Waals surface area contributed by atoms with Gasteiger partial charge in [0.25, 0.3) is 0 Å². The maximum Gasteiger partial charge on any atom is 0.329 e. The molecule has 1 atom stereocenters. The molecule has 0 bridgehead atoms. The molecule has 2 amide bonds. The van der Waals surface area contributed by atoms with Crippen LogP contribution < -0.4 is 5.32 Å². The number of rotatable bonds is 4. The lowest BCUT2D eigenvalue weighted by atomic mass is 10.00. The van der Waals surface area contributed by atoms with Gasteiger partial charge < -0.3 is 15.3 Å². The second-order valence-electron chi connectivity index (χ2n) is 6.02. The fraction of sp³-hybridized carbons (Fsp3) is 0.833. The summed E-state index contributed by atoms with van der Waals surface area (Å²) in [4.78, 5) is 24.6. The van der Waals surface area contributed by atoms with E-state index in [1.807, 2.05) is 0 Å². The Morgan fingerprint density at radius 3 is 2.40 bits per heavy atom. The fourth-order valence-corrected chi connectivity index (χ4v) is 2.36. The third kappa shape index (κ3) is 3.05. The van der Waals surface area contributed by atoms with Crippen molar-refractivity contribution in [3.63, 3.8) is 0 Å². The first-order chi connectivity index (χ1) is 8.92. The summed E-state index contributed by atoms with van der Waals surface area (Å²) < 4.78 is 22.0. The van der Waals surface area contributed by atoms with Crippen molar-refractivity contribution in [2.45, 2.75) is 43.9 Å². The number of amides is 2. The third-order valence-electron chi connectivity index (χ3n) is 4.02. The monoisotopic (exact) mass is 306 g/mol. The minimum Gasteiger partial charge on any atom is -0.480 e. The predicted octanol–water partition coefficient (Wildman–Crippen LogP) is 0.458. The first-order valence-corrected chi connectivity index (χ1v) is 8.29. The van der Waals surface area contributed by atoms with Crippen LogP contribution in [0, 0.1) is 0 Å². The highest BCUT2D eigenvalue weighted by Crippen LogP contribution is 2.29. The number of likely N-dealkylation sites (tertiary alicyclic amines) is 1. The van der Waals surface area contributed by atoms with E-state index in [1.165, 1.54) is 25.7 Å². The number of nitrogens with one attached hydrogen (secondary N) is 1. The van der Waals surface area contributed by atoms with Crippen molar-refractivity contribution in [3.8, 4) is 0 Å². The van der Waals surface area contributed by atoms with Gasteiger partial charge in [0.15, 0.2) is 9.84 Å². The number of nitrogens with zero attached hydrogens (tertiary/aromatic N) is 1. The SMILES string of the molecule is CC1(C(=O)O)CCCN1C(=O)NCC(C)(C)S(C)(=O)=O. The van der Waals surface area contributed by atoms with Gasteiger partial charge in [-0.1, -0.05) is 0 Å². The highest BCUT2D eigenvalue weighted by Gasteiger charge is 2.46. The van der Waals surface area contributed by atoms with Gasteiger partial charge in [-0.25, -0.2) is 18.0 Å². The van der Waals surface area contributed by atoms with Crippen LogP contribution in [0.15, 0.2) is 0 Å². The molecule has 0 aromatic rings. The number of carboxylic acids is 1. The molecular weight excluding hydrogens is 284 g/mol. The smallest absolute Gasteiger partial charge is 0.329 e. The Morgan fingerprint density at radius 2 is 1.95 bits per heavy atom. The number of aliphatic carboxylic acids is 1. The van der Waals surface area contributed by atoms with E-state index in [1.54, 1.807) is 0 Å². The maximum absolute atomic E-state index is 12.1. The van der Waals surface area contributed by atoms with E-state index in [9.17, 15) is 23.1 Å². The number of carboxylic acid groups (broad SMARTS) is 1. The van der Waals surface area contributed by atoms with Crippen LogP contribution in [0.3, 0.4) is 0 Å². The van der Waals surface area contributed by atoms with E-state index in [0.717, 1.165) is 6.26 Å². The van der Waals surface area contributed by atoms with Gasteiger partial charge in [-0.05, 0) is 33.6 Å². The lowest BCUT2D eigenvalue weighted by molar-refractivity contribution is -0.147. The van der Waals surface area contributed by atoms with Crippen LogP contribution in [0.25, 0.3) is 0 Å². The van der Waals surface area contributed by atoms with E-state index in [0.29, 0.717) is 19.4 Å². The normalized spacial score (nSPS) is 23.7. The number of carbonyl (C=O) groups excluding carboxylic acids is 1. The molecule has 116 valence electrons. The summed E-state index contributed by atoms with van der Waals surface area (Å²) in [5.74, 6) is -1.05. The van der Waals surface area contributed by atoms with Gasteiger partial charge in [0.05, 0.1) is 4.75 Å². The van der Waals surface area contributed by atoms with E-state index >= 15 is 0 Å². The molecule has 0 spiro atoms. The van der Waals surface area contributed by atoms with E-state index in [2.05, 4.69) is 5.32 Å². The predicted molar refractivity (Wildman–Crippen MR) is 74.3 cm³/mol. The molecule has 1 aliphatic rings. The molecule has 7 nitrogen and oxygen atoms in total. The molecule has 0 aromatic heterocycles. The number of sulfone groups is 1. The molecule has 1 saturated heterocycles. The third-order valence-corrected chi connectivity index (χ3v) is 6.17. The molecule has 0 aromatic carbocycles. The summed E-state index contributed by atoms with van der Waals surface area (Å²) in [5.41, 5.74) is -1.22. The molecule has 1 rings (SSSR count).